The van der Waals surface area contributed by atoms with Gasteiger partial charge in [0.2, 0.25) is 0 Å². The Morgan fingerprint density at radius 1 is 1.16 bits per heavy atom. The number of anilines is 2. The standard InChI is InChI=1S/C32H38BrFN6O3/c1-18-12-19(14-21(34)13-18)23-17-35-30(39(5)6)26(29-37-24-15-20(33)16-25(42-7)27(24)38-29)28(23)40-10-8-22(9-11-40)36-31(41)43-32(2,3)4/h12-17,22H,8-11H2,1-7H3,(H,36,41)(H,37,38). The second-order valence-corrected chi connectivity index (χ2v) is 13.0. The van der Waals surface area contributed by atoms with Gasteiger partial charge in [0, 0.05) is 49.5 Å². The highest BCUT2D eigenvalue weighted by Crippen LogP contribution is 2.45. The van der Waals surface area contributed by atoms with Crippen LogP contribution in [0.15, 0.2) is 41.0 Å². The van der Waals surface area contributed by atoms with E-state index in [2.05, 4.69) is 31.1 Å². The molecule has 2 aromatic carbocycles. The smallest absolute Gasteiger partial charge is 0.407 e. The number of halogens is 2. The van der Waals surface area contributed by atoms with Gasteiger partial charge in [-0.1, -0.05) is 22.0 Å². The van der Waals surface area contributed by atoms with Crippen LogP contribution in [0.25, 0.3) is 33.5 Å². The van der Waals surface area contributed by atoms with Gasteiger partial charge in [-0.05, 0) is 75.9 Å². The number of piperidine rings is 1. The van der Waals surface area contributed by atoms with Gasteiger partial charge >= 0.3 is 6.09 Å². The van der Waals surface area contributed by atoms with Crippen molar-refractivity contribution in [2.75, 3.05) is 44.1 Å². The number of hydrogen-bond acceptors (Lipinski definition) is 7. The van der Waals surface area contributed by atoms with Crippen LogP contribution in [0.4, 0.5) is 20.7 Å². The van der Waals surface area contributed by atoms with Crippen molar-refractivity contribution in [2.45, 2.75) is 52.2 Å². The Labute approximate surface area is 259 Å². The molecular weight excluding hydrogens is 615 g/mol. The van der Waals surface area contributed by atoms with Gasteiger partial charge in [0.1, 0.15) is 34.3 Å². The van der Waals surface area contributed by atoms with Crippen LogP contribution in [0, 0.1) is 12.7 Å². The second kappa shape index (κ2) is 12.0. The van der Waals surface area contributed by atoms with Crippen LogP contribution in [-0.4, -0.2) is 67.0 Å². The summed E-state index contributed by atoms with van der Waals surface area (Å²) in [5.41, 5.74) is 4.99. The highest BCUT2D eigenvalue weighted by molar-refractivity contribution is 9.10. The lowest BCUT2D eigenvalue weighted by molar-refractivity contribution is 0.0497. The molecule has 11 heteroatoms. The first-order chi connectivity index (χ1) is 20.3. The zero-order valence-corrected chi connectivity index (χ0v) is 27.2. The number of aromatic nitrogens is 3. The molecule has 0 radical (unpaired) electrons. The van der Waals surface area contributed by atoms with Crippen molar-refractivity contribution in [1.82, 2.24) is 20.3 Å². The molecule has 4 aromatic rings. The minimum absolute atomic E-state index is 0.0302. The van der Waals surface area contributed by atoms with E-state index in [0.29, 0.717) is 43.0 Å². The average Bonchev–Trinajstić information content (AvgIpc) is 3.34. The molecule has 0 unspecified atom stereocenters. The maximum absolute atomic E-state index is 14.7. The van der Waals surface area contributed by atoms with E-state index in [4.69, 9.17) is 19.4 Å². The zero-order valence-electron chi connectivity index (χ0n) is 25.6. The van der Waals surface area contributed by atoms with Crippen LogP contribution in [0.1, 0.15) is 39.2 Å². The number of aromatic amines is 1. The molecule has 1 aliphatic heterocycles. The summed E-state index contributed by atoms with van der Waals surface area (Å²) in [6, 6.07) is 8.85. The summed E-state index contributed by atoms with van der Waals surface area (Å²) in [5, 5.41) is 3.03. The summed E-state index contributed by atoms with van der Waals surface area (Å²) < 4.78 is 26.7. The molecule has 0 bridgehead atoms. The molecule has 1 saturated heterocycles. The van der Waals surface area contributed by atoms with Gasteiger partial charge in [-0.2, -0.15) is 0 Å². The number of imidazole rings is 1. The first kappa shape index (κ1) is 30.6. The summed E-state index contributed by atoms with van der Waals surface area (Å²) in [6.45, 7) is 8.74. The van der Waals surface area contributed by atoms with Crippen molar-refractivity contribution < 1.29 is 18.7 Å². The maximum Gasteiger partial charge on any atom is 0.407 e. The largest absolute Gasteiger partial charge is 0.494 e. The number of alkyl carbamates (subject to hydrolysis) is 1. The molecule has 9 nitrogen and oxygen atoms in total. The molecule has 0 atom stereocenters. The van der Waals surface area contributed by atoms with Gasteiger partial charge in [0.15, 0.2) is 0 Å². The van der Waals surface area contributed by atoms with Gasteiger partial charge in [0.25, 0.3) is 0 Å². The Hall–Kier alpha value is -3.86. The summed E-state index contributed by atoms with van der Waals surface area (Å²) in [5.74, 6) is 1.68. The molecule has 0 saturated carbocycles. The number of H-pyrrole nitrogens is 1. The lowest BCUT2D eigenvalue weighted by atomic mass is 9.96. The summed E-state index contributed by atoms with van der Waals surface area (Å²) in [4.78, 5) is 30.1. The van der Waals surface area contributed by atoms with Crippen molar-refractivity contribution in [3.8, 4) is 28.3 Å². The molecule has 2 N–H and O–H groups in total. The summed E-state index contributed by atoms with van der Waals surface area (Å²) in [6.07, 6.45) is 2.82. The monoisotopic (exact) mass is 652 g/mol. The van der Waals surface area contributed by atoms with Gasteiger partial charge in [-0.3, -0.25) is 0 Å². The van der Waals surface area contributed by atoms with Crippen LogP contribution in [0.5, 0.6) is 5.75 Å². The Balaban J connectivity index is 1.64. The topological polar surface area (TPSA) is 95.6 Å². The molecule has 43 heavy (non-hydrogen) atoms. The number of carbonyl (C=O) groups excluding carboxylic acids is 1. The SMILES string of the molecule is COc1cc(Br)cc2[nH]c(-c3c(N(C)C)ncc(-c4cc(C)cc(F)c4)c3N3CCC(NC(=O)OC(C)(C)C)CC3)nc12. The number of aryl methyl sites for hydroxylation is 1. The third-order valence-electron chi connectivity index (χ3n) is 7.31. The fourth-order valence-electron chi connectivity index (χ4n) is 5.53. The molecular formula is C32H38BrFN6O3. The van der Waals surface area contributed by atoms with E-state index in [0.717, 1.165) is 43.7 Å². The lowest BCUT2D eigenvalue weighted by Gasteiger charge is -2.37. The molecule has 1 aliphatic rings. The minimum atomic E-state index is -0.567. The van der Waals surface area contributed by atoms with Crippen LogP contribution >= 0.6 is 15.9 Å². The van der Waals surface area contributed by atoms with E-state index in [1.54, 1.807) is 13.2 Å². The van der Waals surface area contributed by atoms with Crippen molar-refractivity contribution in [3.05, 3.63) is 52.4 Å². The number of rotatable bonds is 6. The zero-order chi connectivity index (χ0) is 31.1. The van der Waals surface area contributed by atoms with Crippen molar-refractivity contribution >= 4 is 44.6 Å². The van der Waals surface area contributed by atoms with E-state index in [9.17, 15) is 9.18 Å². The van der Waals surface area contributed by atoms with Crippen LogP contribution in [0.2, 0.25) is 0 Å². The number of amides is 1. The minimum Gasteiger partial charge on any atom is -0.494 e. The van der Waals surface area contributed by atoms with E-state index < -0.39 is 11.7 Å². The van der Waals surface area contributed by atoms with E-state index >= 15 is 0 Å². The lowest BCUT2D eigenvalue weighted by Crippen LogP contribution is -2.46. The van der Waals surface area contributed by atoms with Gasteiger partial charge in [-0.15, -0.1) is 0 Å². The Morgan fingerprint density at radius 3 is 2.51 bits per heavy atom. The third kappa shape index (κ3) is 6.71. The molecule has 3 heterocycles. The Kier molecular flexibility index (Phi) is 8.56. The van der Waals surface area contributed by atoms with Crippen LogP contribution < -0.4 is 19.9 Å². The third-order valence-corrected chi connectivity index (χ3v) is 7.77. The van der Waals surface area contributed by atoms with E-state index in [1.807, 2.05) is 71.1 Å². The number of nitrogens with zero attached hydrogens (tertiary/aromatic N) is 4. The van der Waals surface area contributed by atoms with Crippen LogP contribution in [0.3, 0.4) is 0 Å². The fourth-order valence-corrected chi connectivity index (χ4v) is 5.97. The summed E-state index contributed by atoms with van der Waals surface area (Å²) >= 11 is 3.57. The number of nitrogens with one attached hydrogen (secondary N) is 2. The molecule has 0 spiro atoms. The quantitative estimate of drug-likeness (QED) is 0.230. The molecule has 5 rings (SSSR count). The highest BCUT2D eigenvalue weighted by atomic mass is 79.9. The molecule has 228 valence electrons. The average molecular weight is 654 g/mol. The van der Waals surface area contributed by atoms with Crippen molar-refractivity contribution in [2.24, 2.45) is 0 Å². The number of hydrogen-bond donors (Lipinski definition) is 2. The number of benzene rings is 2. The number of carbonyl (C=O) groups is 1. The number of ether oxygens (including phenoxy) is 2. The predicted molar refractivity (Wildman–Crippen MR) is 173 cm³/mol. The Morgan fingerprint density at radius 2 is 1.88 bits per heavy atom. The Bertz CT molecular complexity index is 1640. The normalized spacial score (nSPS) is 14.2. The second-order valence-electron chi connectivity index (χ2n) is 12.1. The predicted octanol–water partition coefficient (Wildman–Crippen LogP) is 7.07. The fraction of sp³-hybridized carbons (Fsp3) is 0.406. The van der Waals surface area contributed by atoms with Gasteiger partial charge in [0.05, 0.1) is 23.9 Å². The van der Waals surface area contributed by atoms with E-state index in [1.165, 1.54) is 6.07 Å². The number of fused-ring (bicyclic) bond motifs is 1. The first-order valence-electron chi connectivity index (χ1n) is 14.3. The van der Waals surface area contributed by atoms with Crippen molar-refractivity contribution in [1.29, 1.82) is 0 Å². The van der Waals surface area contributed by atoms with Gasteiger partial charge in [-0.25, -0.2) is 19.2 Å². The number of methoxy groups -OCH3 is 1. The van der Waals surface area contributed by atoms with E-state index in [-0.39, 0.29) is 11.9 Å². The summed E-state index contributed by atoms with van der Waals surface area (Å²) in [7, 11) is 5.51. The van der Waals surface area contributed by atoms with Gasteiger partial charge < -0.3 is 29.6 Å². The molecule has 2 aromatic heterocycles. The molecule has 1 amide bonds. The first-order valence-corrected chi connectivity index (χ1v) is 15.1. The van der Waals surface area contributed by atoms with Crippen molar-refractivity contribution in [3.63, 3.8) is 0 Å². The molecule has 1 fully saturated rings. The number of pyridine rings is 1. The van der Waals surface area contributed by atoms with Crippen LogP contribution in [-0.2, 0) is 4.74 Å². The maximum atomic E-state index is 14.7. The highest BCUT2D eigenvalue weighted by Gasteiger charge is 2.30. The molecule has 0 aliphatic carbocycles.